The predicted octanol–water partition coefficient (Wildman–Crippen LogP) is 3.58. The highest BCUT2D eigenvalue weighted by molar-refractivity contribution is 5.78. The van der Waals surface area contributed by atoms with Gasteiger partial charge in [0.25, 0.3) is 0 Å². The minimum atomic E-state index is -0.501. The van der Waals surface area contributed by atoms with Crippen LogP contribution in [0.2, 0.25) is 0 Å². The van der Waals surface area contributed by atoms with Gasteiger partial charge in [0.15, 0.2) is 5.65 Å². The predicted molar refractivity (Wildman–Crippen MR) is 64.9 cm³/mol. The molecule has 2 heterocycles. The van der Waals surface area contributed by atoms with Gasteiger partial charge >= 0.3 is 0 Å². The molecule has 88 valence electrons. The van der Waals surface area contributed by atoms with Gasteiger partial charge in [-0.3, -0.25) is 0 Å². The van der Waals surface area contributed by atoms with Crippen LogP contribution in [0.15, 0.2) is 48.7 Å². The molecule has 1 aromatic carbocycles. The topological polar surface area (TPSA) is 25.8 Å². The number of fused-ring (bicyclic) bond motifs is 1. The Balaban J connectivity index is 2.22. The number of hydrogen-bond donors (Lipinski definition) is 0. The highest BCUT2D eigenvalue weighted by Gasteiger charge is 2.08. The molecule has 0 amide bonds. The molecule has 18 heavy (non-hydrogen) atoms. The van der Waals surface area contributed by atoms with Crippen molar-refractivity contribution >= 4 is 11.0 Å². The van der Waals surface area contributed by atoms with Crippen molar-refractivity contribution in [2.24, 2.45) is 0 Å². The maximum absolute atomic E-state index is 13.6. The maximum Gasteiger partial charge on any atom is 0.159 e. The first-order valence-electron chi connectivity index (χ1n) is 5.41. The van der Waals surface area contributed by atoms with Gasteiger partial charge in [0.2, 0.25) is 0 Å². The van der Waals surface area contributed by atoms with E-state index in [-0.39, 0.29) is 5.56 Å². The van der Waals surface area contributed by atoms with Gasteiger partial charge < -0.3 is 0 Å². The van der Waals surface area contributed by atoms with Crippen LogP contribution >= 0.6 is 0 Å². The fourth-order valence-electron chi connectivity index (χ4n) is 1.80. The Bertz CT molecular complexity index is 726. The first-order chi connectivity index (χ1) is 8.74. The summed E-state index contributed by atoms with van der Waals surface area (Å²) in [6, 6.07) is 10.4. The first kappa shape index (κ1) is 10.8. The Kier molecular flexibility index (Phi) is 2.48. The number of pyridine rings is 2. The summed E-state index contributed by atoms with van der Waals surface area (Å²) >= 11 is 0. The number of halogens is 2. The second-order valence-corrected chi connectivity index (χ2v) is 3.87. The van der Waals surface area contributed by atoms with Crippen LogP contribution in [0.4, 0.5) is 8.78 Å². The molecular formula is C14H8F2N2. The molecule has 0 atom stereocenters. The van der Waals surface area contributed by atoms with Gasteiger partial charge in [0.05, 0.1) is 5.69 Å². The van der Waals surface area contributed by atoms with Crippen molar-refractivity contribution in [1.29, 1.82) is 0 Å². The lowest BCUT2D eigenvalue weighted by Gasteiger charge is -2.04. The molecule has 2 nitrogen and oxygen atoms in total. The Morgan fingerprint density at radius 3 is 2.72 bits per heavy atom. The highest BCUT2D eigenvalue weighted by Crippen LogP contribution is 2.23. The van der Waals surface area contributed by atoms with Gasteiger partial charge in [-0.25, -0.2) is 18.7 Å². The molecule has 3 aromatic rings. The summed E-state index contributed by atoms with van der Waals surface area (Å²) in [4.78, 5) is 8.32. The molecule has 2 aromatic heterocycles. The third kappa shape index (κ3) is 1.82. The van der Waals surface area contributed by atoms with Crippen molar-refractivity contribution in [3.8, 4) is 11.3 Å². The number of hydrogen-bond acceptors (Lipinski definition) is 2. The number of benzene rings is 1. The SMILES string of the molecule is Fc1ccc(F)c(-c2ccc3cccnc3n2)c1. The van der Waals surface area contributed by atoms with Gasteiger partial charge in [-0.05, 0) is 42.5 Å². The number of rotatable bonds is 1. The van der Waals surface area contributed by atoms with Crippen LogP contribution < -0.4 is 0 Å². The zero-order valence-corrected chi connectivity index (χ0v) is 9.27. The number of aromatic nitrogens is 2. The first-order valence-corrected chi connectivity index (χ1v) is 5.41. The fraction of sp³-hybridized carbons (Fsp3) is 0. The molecule has 3 rings (SSSR count). The van der Waals surface area contributed by atoms with Crippen LogP contribution in [-0.2, 0) is 0 Å². The average molecular weight is 242 g/mol. The summed E-state index contributed by atoms with van der Waals surface area (Å²) in [5.41, 5.74) is 1.03. The minimum Gasteiger partial charge on any atom is -0.237 e. The minimum absolute atomic E-state index is 0.141. The molecule has 0 aliphatic heterocycles. The molecular weight excluding hydrogens is 234 g/mol. The van der Waals surface area contributed by atoms with E-state index < -0.39 is 11.6 Å². The molecule has 0 aliphatic carbocycles. The molecule has 0 spiro atoms. The van der Waals surface area contributed by atoms with Crippen LogP contribution in [0.3, 0.4) is 0 Å². The molecule has 0 saturated carbocycles. The molecule has 4 heteroatoms. The lowest BCUT2D eigenvalue weighted by atomic mass is 10.1. The molecule has 0 aliphatic rings. The van der Waals surface area contributed by atoms with E-state index in [4.69, 9.17) is 0 Å². The van der Waals surface area contributed by atoms with Gasteiger partial charge in [-0.1, -0.05) is 0 Å². The normalized spacial score (nSPS) is 10.8. The zero-order chi connectivity index (χ0) is 12.5. The largest absolute Gasteiger partial charge is 0.237 e. The summed E-state index contributed by atoms with van der Waals surface area (Å²) in [6.07, 6.45) is 1.61. The van der Waals surface area contributed by atoms with Crippen LogP contribution in [-0.4, -0.2) is 9.97 Å². The van der Waals surface area contributed by atoms with E-state index in [9.17, 15) is 8.78 Å². The van der Waals surface area contributed by atoms with Gasteiger partial charge in [-0.2, -0.15) is 0 Å². The van der Waals surface area contributed by atoms with Crippen molar-refractivity contribution in [2.75, 3.05) is 0 Å². The van der Waals surface area contributed by atoms with Crippen molar-refractivity contribution < 1.29 is 8.78 Å². The van der Waals surface area contributed by atoms with E-state index >= 15 is 0 Å². The van der Waals surface area contributed by atoms with Crippen molar-refractivity contribution in [3.05, 3.63) is 60.3 Å². The van der Waals surface area contributed by atoms with E-state index in [0.29, 0.717) is 11.3 Å². The number of nitrogens with zero attached hydrogens (tertiary/aromatic N) is 2. The Labute approximate surface area is 102 Å². The second kappa shape index (κ2) is 4.14. The molecule has 0 unspecified atom stereocenters. The lowest BCUT2D eigenvalue weighted by Crippen LogP contribution is -1.91. The Morgan fingerprint density at radius 1 is 0.944 bits per heavy atom. The molecule has 0 N–H and O–H groups in total. The van der Waals surface area contributed by atoms with E-state index in [1.54, 1.807) is 24.4 Å². The van der Waals surface area contributed by atoms with E-state index in [0.717, 1.165) is 23.6 Å². The fourth-order valence-corrected chi connectivity index (χ4v) is 1.80. The van der Waals surface area contributed by atoms with Crippen LogP contribution in [0, 0.1) is 11.6 Å². The molecule has 0 radical (unpaired) electrons. The second-order valence-electron chi connectivity index (χ2n) is 3.87. The van der Waals surface area contributed by atoms with Crippen LogP contribution in [0.1, 0.15) is 0 Å². The Hall–Kier alpha value is -2.36. The quantitative estimate of drug-likeness (QED) is 0.651. The van der Waals surface area contributed by atoms with Crippen molar-refractivity contribution in [1.82, 2.24) is 9.97 Å². The summed E-state index contributed by atoms with van der Waals surface area (Å²) in [7, 11) is 0. The van der Waals surface area contributed by atoms with Gasteiger partial charge in [-0.15, -0.1) is 0 Å². The van der Waals surface area contributed by atoms with Crippen molar-refractivity contribution in [2.45, 2.75) is 0 Å². The smallest absolute Gasteiger partial charge is 0.159 e. The van der Waals surface area contributed by atoms with Gasteiger partial charge in [0.1, 0.15) is 11.6 Å². The Morgan fingerprint density at radius 2 is 1.83 bits per heavy atom. The summed E-state index contributed by atoms with van der Waals surface area (Å²) in [6.45, 7) is 0. The monoisotopic (exact) mass is 242 g/mol. The van der Waals surface area contributed by atoms with Crippen LogP contribution in [0.25, 0.3) is 22.3 Å². The average Bonchev–Trinajstić information content (AvgIpc) is 2.41. The summed E-state index contributed by atoms with van der Waals surface area (Å²) in [5.74, 6) is -0.992. The van der Waals surface area contributed by atoms with Crippen molar-refractivity contribution in [3.63, 3.8) is 0 Å². The molecule has 0 saturated heterocycles. The summed E-state index contributed by atoms with van der Waals surface area (Å²) in [5, 5.41) is 0.859. The van der Waals surface area contributed by atoms with E-state index in [1.807, 2.05) is 6.07 Å². The molecule has 0 bridgehead atoms. The van der Waals surface area contributed by atoms with E-state index in [2.05, 4.69) is 9.97 Å². The van der Waals surface area contributed by atoms with E-state index in [1.165, 1.54) is 0 Å². The standard InChI is InChI=1S/C14H8F2N2/c15-10-4-5-12(16)11(8-10)13-6-3-9-2-1-7-17-14(9)18-13/h1-8H. The summed E-state index contributed by atoms with van der Waals surface area (Å²) < 4.78 is 26.8. The van der Waals surface area contributed by atoms with Gasteiger partial charge in [0, 0.05) is 17.1 Å². The third-order valence-electron chi connectivity index (χ3n) is 2.67. The van der Waals surface area contributed by atoms with Crippen LogP contribution in [0.5, 0.6) is 0 Å². The third-order valence-corrected chi connectivity index (χ3v) is 2.67. The maximum atomic E-state index is 13.6. The highest BCUT2D eigenvalue weighted by atomic mass is 19.1. The molecule has 0 fully saturated rings. The lowest BCUT2D eigenvalue weighted by molar-refractivity contribution is 0.602. The zero-order valence-electron chi connectivity index (χ0n) is 9.27.